The van der Waals surface area contributed by atoms with Crippen molar-refractivity contribution in [2.24, 2.45) is 5.10 Å². The van der Waals surface area contributed by atoms with Crippen LogP contribution in [0.5, 0.6) is 11.5 Å². The lowest BCUT2D eigenvalue weighted by molar-refractivity contribution is -0.119. The Morgan fingerprint density at radius 1 is 1.29 bits per heavy atom. The number of carbonyl (C=O) groups is 1. The third-order valence-corrected chi connectivity index (χ3v) is 4.16. The van der Waals surface area contributed by atoms with E-state index < -0.39 is 0 Å². The smallest absolute Gasteiger partial charge is 0.259 e. The van der Waals surface area contributed by atoms with Gasteiger partial charge in [-0.1, -0.05) is 18.2 Å². The topological polar surface area (TPSA) is 72.0 Å². The first-order valence-electron chi connectivity index (χ1n) is 7.34. The van der Waals surface area contributed by atoms with Crippen LogP contribution >= 0.6 is 15.9 Å². The molecule has 0 radical (unpaired) electrons. The molecular weight excluding hydrogens is 374 g/mol. The molecule has 2 aromatic carbocycles. The zero-order valence-electron chi connectivity index (χ0n) is 13.0. The number of amides is 1. The van der Waals surface area contributed by atoms with Crippen molar-refractivity contribution >= 4 is 33.7 Å². The number of hydrogen-bond acceptors (Lipinski definition) is 5. The summed E-state index contributed by atoms with van der Waals surface area (Å²) in [6.07, 6.45) is 1.55. The van der Waals surface area contributed by atoms with Crippen molar-refractivity contribution in [3.05, 3.63) is 52.0 Å². The van der Waals surface area contributed by atoms with Gasteiger partial charge in [-0.25, -0.2) is 5.43 Å². The second-order valence-corrected chi connectivity index (χ2v) is 6.04. The molecule has 0 bridgehead atoms. The fourth-order valence-corrected chi connectivity index (χ4v) is 2.62. The van der Waals surface area contributed by atoms with Crippen LogP contribution in [0.1, 0.15) is 11.1 Å². The number of halogens is 1. The van der Waals surface area contributed by atoms with Gasteiger partial charge in [0.05, 0.1) is 12.8 Å². The average Bonchev–Trinajstić information content (AvgIpc) is 3.01. The van der Waals surface area contributed by atoms with Gasteiger partial charge in [0.25, 0.3) is 5.91 Å². The highest BCUT2D eigenvalue weighted by molar-refractivity contribution is 9.10. The monoisotopic (exact) mass is 389 g/mol. The van der Waals surface area contributed by atoms with Crippen molar-refractivity contribution in [1.29, 1.82) is 0 Å². The Morgan fingerprint density at radius 3 is 2.83 bits per heavy atom. The van der Waals surface area contributed by atoms with Gasteiger partial charge in [0.1, 0.15) is 0 Å². The molecule has 0 aromatic heterocycles. The number of hydrogen-bond donors (Lipinski definition) is 2. The average molecular weight is 390 g/mol. The number of ether oxygens (including phenoxy) is 2. The van der Waals surface area contributed by atoms with Crippen LogP contribution < -0.4 is 20.2 Å². The van der Waals surface area contributed by atoms with Gasteiger partial charge >= 0.3 is 0 Å². The minimum absolute atomic E-state index is 0.143. The van der Waals surface area contributed by atoms with Crippen LogP contribution in [0.25, 0.3) is 0 Å². The molecule has 2 N–H and O–H groups in total. The Kier molecular flexibility index (Phi) is 5.00. The molecule has 2 aromatic rings. The number of anilines is 1. The first-order chi connectivity index (χ1) is 11.6. The molecular formula is C17H16BrN3O3. The summed E-state index contributed by atoms with van der Waals surface area (Å²) in [4.78, 5) is 11.8. The Morgan fingerprint density at radius 2 is 2.04 bits per heavy atom. The third-order valence-electron chi connectivity index (χ3n) is 3.47. The van der Waals surface area contributed by atoms with E-state index in [0.29, 0.717) is 11.5 Å². The number of benzene rings is 2. The molecule has 24 heavy (non-hydrogen) atoms. The van der Waals surface area contributed by atoms with Crippen molar-refractivity contribution in [3.8, 4) is 11.5 Å². The number of nitrogens with one attached hydrogen (secondary N) is 2. The summed E-state index contributed by atoms with van der Waals surface area (Å²) in [5.74, 6) is 1.11. The fraction of sp³-hybridized carbons (Fsp3) is 0.176. The zero-order valence-corrected chi connectivity index (χ0v) is 14.6. The van der Waals surface area contributed by atoms with E-state index in [0.717, 1.165) is 21.3 Å². The molecule has 1 aliphatic heterocycles. The van der Waals surface area contributed by atoms with Gasteiger partial charge in [0.15, 0.2) is 11.5 Å². The summed E-state index contributed by atoms with van der Waals surface area (Å²) in [6, 6.07) is 11.4. The van der Waals surface area contributed by atoms with Crippen LogP contribution in [0.3, 0.4) is 0 Å². The van der Waals surface area contributed by atoms with Crippen LogP contribution in [0.2, 0.25) is 0 Å². The molecule has 3 rings (SSSR count). The molecule has 0 fully saturated rings. The Balaban J connectivity index is 1.55. The summed E-state index contributed by atoms with van der Waals surface area (Å²) in [7, 11) is 0. The van der Waals surface area contributed by atoms with Crippen LogP contribution in [0.15, 0.2) is 46.0 Å². The second-order valence-electron chi connectivity index (χ2n) is 5.19. The Hall–Kier alpha value is -2.54. The molecule has 0 atom stereocenters. The summed E-state index contributed by atoms with van der Waals surface area (Å²) in [5.41, 5.74) is 5.28. The van der Waals surface area contributed by atoms with Gasteiger partial charge < -0.3 is 14.8 Å². The molecule has 124 valence electrons. The zero-order chi connectivity index (χ0) is 16.9. The molecule has 1 heterocycles. The maximum atomic E-state index is 11.8. The summed E-state index contributed by atoms with van der Waals surface area (Å²) < 4.78 is 11.4. The molecule has 0 unspecified atom stereocenters. The van der Waals surface area contributed by atoms with Gasteiger partial charge in [-0.15, -0.1) is 0 Å². The molecule has 6 nitrogen and oxygen atoms in total. The molecule has 0 saturated carbocycles. The van der Waals surface area contributed by atoms with Crippen molar-refractivity contribution in [3.63, 3.8) is 0 Å². The van der Waals surface area contributed by atoms with Gasteiger partial charge in [-0.05, 0) is 46.6 Å². The van der Waals surface area contributed by atoms with E-state index >= 15 is 0 Å². The molecule has 0 saturated heterocycles. The Bertz CT molecular complexity index is 793. The lowest BCUT2D eigenvalue weighted by Crippen LogP contribution is -2.26. The summed E-state index contributed by atoms with van der Waals surface area (Å²) in [6.45, 7) is 2.34. The number of hydrazone groups is 1. The van der Waals surface area contributed by atoms with Gasteiger partial charge in [0.2, 0.25) is 6.79 Å². The minimum atomic E-state index is -0.230. The highest BCUT2D eigenvalue weighted by Crippen LogP contribution is 2.36. The largest absolute Gasteiger partial charge is 0.454 e. The van der Waals surface area contributed by atoms with Crippen molar-refractivity contribution < 1.29 is 14.3 Å². The van der Waals surface area contributed by atoms with E-state index in [1.807, 2.05) is 37.3 Å². The predicted molar refractivity (Wildman–Crippen MR) is 95.7 cm³/mol. The normalized spacial score (nSPS) is 12.4. The van der Waals surface area contributed by atoms with Crippen LogP contribution in [0, 0.1) is 6.92 Å². The van der Waals surface area contributed by atoms with Gasteiger partial charge in [0, 0.05) is 15.7 Å². The maximum absolute atomic E-state index is 11.8. The molecule has 7 heteroatoms. The van der Waals surface area contributed by atoms with Crippen molar-refractivity contribution in [2.45, 2.75) is 6.92 Å². The lowest BCUT2D eigenvalue weighted by atomic mass is 10.2. The molecule has 0 spiro atoms. The van der Waals surface area contributed by atoms with Gasteiger partial charge in [-0.2, -0.15) is 5.10 Å². The van der Waals surface area contributed by atoms with E-state index in [1.54, 1.807) is 12.3 Å². The Labute approximate surface area is 148 Å². The van der Waals surface area contributed by atoms with Crippen molar-refractivity contribution in [2.75, 3.05) is 18.7 Å². The minimum Gasteiger partial charge on any atom is -0.454 e. The maximum Gasteiger partial charge on any atom is 0.259 e. The molecule has 0 aliphatic carbocycles. The highest BCUT2D eigenvalue weighted by Gasteiger charge is 2.15. The third kappa shape index (κ3) is 3.86. The number of nitrogens with zero attached hydrogens (tertiary/aromatic N) is 1. The fourth-order valence-electron chi connectivity index (χ4n) is 2.19. The number of carbonyl (C=O) groups excluding carboxylic acids is 1. The standard InChI is InChI=1S/C17H16BrN3O3/c1-11-4-2-3-5-14(11)19-9-17(22)21-20-8-12-6-15-16(7-13(12)18)24-10-23-15/h2-8,19H,9-10H2,1H3,(H,21,22). The predicted octanol–water partition coefficient (Wildman–Crippen LogP) is 3.05. The van der Waals surface area contributed by atoms with Crippen molar-refractivity contribution in [1.82, 2.24) is 5.43 Å². The first-order valence-corrected chi connectivity index (χ1v) is 8.13. The van der Waals surface area contributed by atoms with Crippen LogP contribution in [-0.4, -0.2) is 25.5 Å². The highest BCUT2D eigenvalue weighted by atomic mass is 79.9. The molecule has 1 amide bonds. The summed E-state index contributed by atoms with van der Waals surface area (Å²) in [5, 5.41) is 7.05. The van der Waals surface area contributed by atoms with E-state index in [1.165, 1.54) is 0 Å². The number of fused-ring (bicyclic) bond motifs is 1. The van der Waals surface area contributed by atoms with Gasteiger partial charge in [-0.3, -0.25) is 4.79 Å². The second kappa shape index (κ2) is 7.35. The van der Waals surface area contributed by atoms with E-state index in [-0.39, 0.29) is 19.2 Å². The first kappa shape index (κ1) is 16.3. The number of aryl methyl sites for hydroxylation is 1. The van der Waals surface area contributed by atoms with Crippen LogP contribution in [0.4, 0.5) is 5.69 Å². The lowest BCUT2D eigenvalue weighted by Gasteiger charge is -2.07. The van der Waals surface area contributed by atoms with E-state index in [4.69, 9.17) is 9.47 Å². The number of para-hydroxylation sites is 1. The van der Waals surface area contributed by atoms with Crippen LogP contribution in [-0.2, 0) is 4.79 Å². The van der Waals surface area contributed by atoms with E-state index in [9.17, 15) is 4.79 Å². The summed E-state index contributed by atoms with van der Waals surface area (Å²) >= 11 is 3.43. The molecule has 1 aliphatic rings. The number of rotatable bonds is 5. The quantitative estimate of drug-likeness (QED) is 0.608. The SMILES string of the molecule is Cc1ccccc1NCC(=O)NN=Cc1cc2c(cc1Br)OCO2. The van der Waals surface area contributed by atoms with E-state index in [2.05, 4.69) is 31.8 Å².